The van der Waals surface area contributed by atoms with Crippen molar-refractivity contribution in [2.24, 2.45) is 0 Å². The predicted molar refractivity (Wildman–Crippen MR) is 67.2 cm³/mol. The van der Waals surface area contributed by atoms with Crippen molar-refractivity contribution >= 4 is 33.9 Å². The van der Waals surface area contributed by atoms with Gasteiger partial charge in [0.2, 0.25) is 0 Å². The van der Waals surface area contributed by atoms with E-state index in [0.29, 0.717) is 16.9 Å². The maximum absolute atomic E-state index is 11.3. The van der Waals surface area contributed by atoms with Crippen molar-refractivity contribution in [1.82, 2.24) is 15.0 Å². The maximum atomic E-state index is 11.3. The minimum Gasteiger partial charge on any atom is -0.315 e. The predicted octanol–water partition coefficient (Wildman–Crippen LogP) is 2.50. The number of aromatic amines is 1. The van der Waals surface area contributed by atoms with Crippen LogP contribution in [0.2, 0.25) is 5.02 Å². The lowest BCUT2D eigenvalue weighted by atomic mass is 10.3. The van der Waals surface area contributed by atoms with Gasteiger partial charge in [-0.05, 0) is 12.8 Å². The standard InChI is InChI=1S/C10H9ClN4OS/c11-7-8(12-4-13-9(7)16)15-10-14-6(3-17-10)5-1-2-5/h3-5H,1-2H2,(H2,12,13,14,15,16). The van der Waals surface area contributed by atoms with Crippen LogP contribution in [0.1, 0.15) is 24.5 Å². The number of rotatable bonds is 3. The summed E-state index contributed by atoms with van der Waals surface area (Å²) in [6.45, 7) is 0. The van der Waals surface area contributed by atoms with E-state index in [0.717, 1.165) is 5.69 Å². The Balaban J connectivity index is 1.85. The van der Waals surface area contributed by atoms with E-state index in [4.69, 9.17) is 11.6 Å². The van der Waals surface area contributed by atoms with Crippen molar-refractivity contribution in [3.8, 4) is 0 Å². The van der Waals surface area contributed by atoms with E-state index >= 15 is 0 Å². The van der Waals surface area contributed by atoms with Crippen molar-refractivity contribution in [3.05, 3.63) is 32.8 Å². The maximum Gasteiger partial charge on any atom is 0.271 e. The fourth-order valence-electron chi connectivity index (χ4n) is 1.48. The number of halogens is 1. The third-order valence-electron chi connectivity index (χ3n) is 2.54. The SMILES string of the molecule is O=c1[nH]cnc(Nc2nc(C3CC3)cs2)c1Cl. The fraction of sp³-hybridized carbons (Fsp3) is 0.300. The average Bonchev–Trinajstić information content (AvgIpc) is 3.06. The number of nitrogens with zero attached hydrogens (tertiary/aromatic N) is 2. The molecular formula is C10H9ClN4OS. The van der Waals surface area contributed by atoms with Gasteiger partial charge in [0.05, 0.1) is 12.0 Å². The zero-order valence-corrected chi connectivity index (χ0v) is 10.3. The minimum absolute atomic E-state index is 0.0515. The summed E-state index contributed by atoms with van der Waals surface area (Å²) in [4.78, 5) is 22.1. The van der Waals surface area contributed by atoms with Crippen molar-refractivity contribution < 1.29 is 0 Å². The number of hydrogen-bond donors (Lipinski definition) is 2. The van der Waals surface area contributed by atoms with Crippen molar-refractivity contribution in [2.45, 2.75) is 18.8 Å². The number of thiazole rings is 1. The highest BCUT2D eigenvalue weighted by Crippen LogP contribution is 2.41. The second kappa shape index (κ2) is 4.12. The minimum atomic E-state index is -0.358. The van der Waals surface area contributed by atoms with Crippen LogP contribution in [0.3, 0.4) is 0 Å². The first-order valence-corrected chi connectivity index (χ1v) is 6.45. The molecule has 1 saturated carbocycles. The Morgan fingerprint density at radius 3 is 3.12 bits per heavy atom. The van der Waals surface area contributed by atoms with Crippen LogP contribution in [0.4, 0.5) is 10.9 Å². The first-order valence-electron chi connectivity index (χ1n) is 5.19. The van der Waals surface area contributed by atoms with Crippen LogP contribution >= 0.6 is 22.9 Å². The first kappa shape index (κ1) is 10.7. The molecule has 0 bridgehead atoms. The van der Waals surface area contributed by atoms with Crippen LogP contribution in [-0.4, -0.2) is 15.0 Å². The zero-order valence-electron chi connectivity index (χ0n) is 8.74. The molecule has 1 aliphatic carbocycles. The molecule has 7 heteroatoms. The molecule has 0 aliphatic heterocycles. The summed E-state index contributed by atoms with van der Waals surface area (Å²) in [6.07, 6.45) is 3.74. The molecule has 0 aromatic carbocycles. The van der Waals surface area contributed by atoms with E-state index in [2.05, 4.69) is 20.3 Å². The van der Waals surface area contributed by atoms with Gasteiger partial charge in [0, 0.05) is 11.3 Å². The summed E-state index contributed by atoms with van der Waals surface area (Å²) >= 11 is 7.33. The number of H-pyrrole nitrogens is 1. The van der Waals surface area contributed by atoms with Gasteiger partial charge < -0.3 is 10.3 Å². The molecule has 3 rings (SSSR count). The topological polar surface area (TPSA) is 70.7 Å². The highest BCUT2D eigenvalue weighted by molar-refractivity contribution is 7.13. The zero-order chi connectivity index (χ0) is 11.8. The molecule has 5 nitrogen and oxygen atoms in total. The first-order chi connectivity index (χ1) is 8.24. The molecule has 0 radical (unpaired) electrons. The Labute approximate surface area is 106 Å². The monoisotopic (exact) mass is 268 g/mol. The highest BCUT2D eigenvalue weighted by Gasteiger charge is 2.26. The van der Waals surface area contributed by atoms with Crippen LogP contribution in [0, 0.1) is 0 Å². The molecule has 17 heavy (non-hydrogen) atoms. The van der Waals surface area contributed by atoms with Gasteiger partial charge in [0.1, 0.15) is 5.02 Å². The molecule has 0 atom stereocenters. The summed E-state index contributed by atoms with van der Waals surface area (Å²) < 4.78 is 0. The fourth-order valence-corrected chi connectivity index (χ4v) is 2.42. The number of hydrogen-bond acceptors (Lipinski definition) is 5. The summed E-state index contributed by atoms with van der Waals surface area (Å²) in [5, 5.41) is 5.76. The van der Waals surface area contributed by atoms with E-state index < -0.39 is 0 Å². The quantitative estimate of drug-likeness (QED) is 0.897. The summed E-state index contributed by atoms with van der Waals surface area (Å²) in [7, 11) is 0. The van der Waals surface area contributed by atoms with Crippen molar-refractivity contribution in [2.75, 3.05) is 5.32 Å². The third kappa shape index (κ3) is 2.18. The summed E-state index contributed by atoms with van der Waals surface area (Å²) in [6, 6.07) is 0. The van der Waals surface area contributed by atoms with Gasteiger partial charge >= 0.3 is 0 Å². The second-order valence-electron chi connectivity index (χ2n) is 3.87. The van der Waals surface area contributed by atoms with Gasteiger partial charge in [-0.25, -0.2) is 9.97 Å². The van der Waals surface area contributed by atoms with E-state index in [1.807, 2.05) is 5.38 Å². The number of aromatic nitrogens is 3. The molecule has 2 heterocycles. The third-order valence-corrected chi connectivity index (χ3v) is 3.67. The Morgan fingerprint density at radius 2 is 2.35 bits per heavy atom. The molecular weight excluding hydrogens is 260 g/mol. The summed E-state index contributed by atoms with van der Waals surface area (Å²) in [5.74, 6) is 0.955. The lowest BCUT2D eigenvalue weighted by Crippen LogP contribution is -2.09. The van der Waals surface area contributed by atoms with Gasteiger partial charge in [-0.3, -0.25) is 4.79 Å². The van der Waals surface area contributed by atoms with E-state index in [1.54, 1.807) is 0 Å². The van der Waals surface area contributed by atoms with Crippen LogP contribution in [0.15, 0.2) is 16.5 Å². The lowest BCUT2D eigenvalue weighted by Gasteiger charge is -2.01. The molecule has 2 aromatic heterocycles. The van der Waals surface area contributed by atoms with Crippen LogP contribution in [0.5, 0.6) is 0 Å². The van der Waals surface area contributed by atoms with Gasteiger partial charge in [0.15, 0.2) is 10.9 Å². The average molecular weight is 269 g/mol. The summed E-state index contributed by atoms with van der Waals surface area (Å²) in [5.41, 5.74) is 0.751. The normalized spacial score (nSPS) is 14.9. The van der Waals surface area contributed by atoms with Gasteiger partial charge in [-0.2, -0.15) is 0 Å². The van der Waals surface area contributed by atoms with Gasteiger partial charge in [-0.15, -0.1) is 11.3 Å². The Kier molecular flexibility index (Phi) is 2.60. The molecule has 2 N–H and O–H groups in total. The van der Waals surface area contributed by atoms with E-state index in [9.17, 15) is 4.79 Å². The lowest BCUT2D eigenvalue weighted by molar-refractivity contribution is 1.05. The van der Waals surface area contributed by atoms with E-state index in [1.165, 1.54) is 30.5 Å². The highest BCUT2D eigenvalue weighted by atomic mass is 35.5. The Morgan fingerprint density at radius 1 is 1.53 bits per heavy atom. The number of nitrogens with one attached hydrogen (secondary N) is 2. The van der Waals surface area contributed by atoms with E-state index in [-0.39, 0.29) is 10.6 Å². The molecule has 1 fully saturated rings. The Bertz CT molecular complexity index is 604. The molecule has 1 aliphatic rings. The number of anilines is 2. The molecule has 0 saturated heterocycles. The van der Waals surface area contributed by atoms with Crippen molar-refractivity contribution in [3.63, 3.8) is 0 Å². The Hall–Kier alpha value is -1.40. The van der Waals surface area contributed by atoms with Crippen LogP contribution in [-0.2, 0) is 0 Å². The van der Waals surface area contributed by atoms with Crippen molar-refractivity contribution in [1.29, 1.82) is 0 Å². The van der Waals surface area contributed by atoms with Gasteiger partial charge in [-0.1, -0.05) is 11.6 Å². The largest absolute Gasteiger partial charge is 0.315 e. The molecule has 0 spiro atoms. The van der Waals surface area contributed by atoms with Crippen LogP contribution < -0.4 is 10.9 Å². The smallest absolute Gasteiger partial charge is 0.271 e. The van der Waals surface area contributed by atoms with Crippen LogP contribution in [0.25, 0.3) is 0 Å². The molecule has 88 valence electrons. The second-order valence-corrected chi connectivity index (χ2v) is 5.11. The van der Waals surface area contributed by atoms with Gasteiger partial charge in [0.25, 0.3) is 5.56 Å². The molecule has 0 unspecified atom stereocenters. The molecule has 0 amide bonds. The molecule has 2 aromatic rings.